The van der Waals surface area contributed by atoms with E-state index in [1.54, 1.807) is 0 Å². The lowest BCUT2D eigenvalue weighted by atomic mass is 9.63. The molecule has 312 valence electrons. The Morgan fingerprint density at radius 3 is 1.50 bits per heavy atom. The van der Waals surface area contributed by atoms with Crippen molar-refractivity contribution in [3.63, 3.8) is 0 Å². The second kappa shape index (κ2) is 14.8. The minimum absolute atomic E-state index is 0.0713. The zero-order valence-electron chi connectivity index (χ0n) is 37.1. The molecule has 0 saturated carbocycles. The van der Waals surface area contributed by atoms with E-state index in [4.69, 9.17) is 0 Å². The highest BCUT2D eigenvalue weighted by Crippen LogP contribution is 2.65. The number of fused-ring (bicyclic) bond motifs is 12. The monoisotopic (exact) mass is 841 g/mol. The Balaban J connectivity index is 1.10. The van der Waals surface area contributed by atoms with Gasteiger partial charge in [0, 0.05) is 17.0 Å². The van der Waals surface area contributed by atoms with Gasteiger partial charge >= 0.3 is 0 Å². The summed E-state index contributed by atoms with van der Waals surface area (Å²) in [6.45, 7) is 4.78. The Kier molecular flexibility index (Phi) is 8.61. The third-order valence-corrected chi connectivity index (χ3v) is 15.0. The summed E-state index contributed by atoms with van der Waals surface area (Å²) >= 11 is 0. The molecule has 66 heavy (non-hydrogen) atoms. The topological polar surface area (TPSA) is 3.24 Å². The van der Waals surface area contributed by atoms with Crippen molar-refractivity contribution in [1.82, 2.24) is 0 Å². The number of rotatable bonds is 6. The quantitative estimate of drug-likeness (QED) is 0.151. The average Bonchev–Trinajstić information content (AvgIpc) is 3.81. The molecule has 2 aliphatic carbocycles. The maximum atomic E-state index is 2.47. The van der Waals surface area contributed by atoms with Crippen molar-refractivity contribution in [2.45, 2.75) is 30.6 Å². The molecule has 0 fully saturated rings. The Morgan fingerprint density at radius 1 is 0.333 bits per heavy atom. The van der Waals surface area contributed by atoms with E-state index >= 15 is 0 Å². The molecule has 0 amide bonds. The Bertz CT molecular complexity index is 3460. The van der Waals surface area contributed by atoms with E-state index in [1.165, 1.54) is 106 Å². The molecule has 0 N–H and O–H groups in total. The molecule has 1 unspecified atom stereocenters. The molecule has 3 aliphatic rings. The lowest BCUT2D eigenvalue weighted by molar-refractivity contribution is 0.659. The summed E-state index contributed by atoms with van der Waals surface area (Å²) in [6.07, 6.45) is 0. The van der Waals surface area contributed by atoms with Crippen LogP contribution < -0.4 is 4.90 Å². The second-order valence-electron chi connectivity index (χ2n) is 18.7. The van der Waals surface area contributed by atoms with Crippen LogP contribution in [0.4, 0.5) is 17.1 Å². The molecule has 13 rings (SSSR count). The van der Waals surface area contributed by atoms with Gasteiger partial charge in [-0.15, -0.1) is 0 Å². The van der Waals surface area contributed by atoms with Gasteiger partial charge in [0.25, 0.3) is 0 Å². The molecule has 0 aromatic heterocycles. The van der Waals surface area contributed by atoms with Gasteiger partial charge < -0.3 is 4.90 Å². The first-order valence-electron chi connectivity index (χ1n) is 23.3. The fourth-order valence-electron chi connectivity index (χ4n) is 12.3. The van der Waals surface area contributed by atoms with Gasteiger partial charge in [0.2, 0.25) is 0 Å². The smallest absolute Gasteiger partial charge is 0.0760 e. The van der Waals surface area contributed by atoms with Crippen molar-refractivity contribution in [3.8, 4) is 44.5 Å². The maximum Gasteiger partial charge on any atom is 0.0760 e. The number of nitrogens with zero attached hydrogens (tertiary/aromatic N) is 1. The van der Waals surface area contributed by atoms with E-state index in [-0.39, 0.29) is 11.3 Å². The fourth-order valence-corrected chi connectivity index (χ4v) is 12.3. The van der Waals surface area contributed by atoms with Gasteiger partial charge in [-0.2, -0.15) is 0 Å². The normalized spacial score (nSPS) is 14.7. The van der Waals surface area contributed by atoms with Gasteiger partial charge in [-0.05, 0) is 119 Å². The van der Waals surface area contributed by atoms with Crippen LogP contribution in [-0.4, -0.2) is 0 Å². The van der Waals surface area contributed by atoms with Crippen LogP contribution in [0.15, 0.2) is 243 Å². The molecule has 1 atom stereocenters. The summed E-state index contributed by atoms with van der Waals surface area (Å²) in [4.78, 5) is 2.47. The van der Waals surface area contributed by atoms with Gasteiger partial charge in [0.1, 0.15) is 0 Å². The van der Waals surface area contributed by atoms with Gasteiger partial charge in [0.15, 0.2) is 0 Å². The zero-order valence-corrected chi connectivity index (χ0v) is 37.1. The van der Waals surface area contributed by atoms with Crippen molar-refractivity contribution in [2.24, 2.45) is 0 Å². The molecular formula is C65H47N. The van der Waals surface area contributed by atoms with Crippen LogP contribution in [0.2, 0.25) is 0 Å². The third kappa shape index (κ3) is 5.41. The minimum Gasteiger partial charge on any atom is -0.310 e. The number of anilines is 3. The fraction of sp³-hybridized carbons (Fsp3) is 0.0769. The Labute approximate surface area is 388 Å². The van der Waals surface area contributed by atoms with Gasteiger partial charge in [-0.3, -0.25) is 0 Å². The van der Waals surface area contributed by atoms with Crippen LogP contribution >= 0.6 is 0 Å². The molecule has 0 saturated heterocycles. The molecule has 1 heteroatoms. The van der Waals surface area contributed by atoms with Gasteiger partial charge in [-0.25, -0.2) is 0 Å². The largest absolute Gasteiger partial charge is 0.310 e. The molecule has 1 aliphatic heterocycles. The zero-order chi connectivity index (χ0) is 44.0. The molecule has 0 radical (unpaired) electrons. The molecule has 1 spiro atoms. The maximum absolute atomic E-state index is 2.47. The predicted molar refractivity (Wildman–Crippen MR) is 274 cm³/mol. The lowest BCUT2D eigenvalue weighted by Gasteiger charge is -2.45. The standard InChI is InChI=1S/C65H47N/c1-64(2)54-32-13-12-28-52(54)62-53(31-20-36-58(62)64)61(45-41-39-44(40-42-45)43-21-5-3-6-22-43)49-27-10-9-25-47(49)50-29-19-30-51-48-26-11-14-33-55(48)65(63(50)51)56-34-15-17-37-59(56)66(46-23-7-4-8-24-46)60-38-18-16-35-57(60)65/h3-42,61H,1-2H3. The average molecular weight is 842 g/mol. The molecule has 0 bridgehead atoms. The first-order chi connectivity index (χ1) is 32.5. The van der Waals surface area contributed by atoms with E-state index in [9.17, 15) is 0 Å². The molecular weight excluding hydrogens is 795 g/mol. The van der Waals surface area contributed by atoms with E-state index in [1.807, 2.05) is 0 Å². The molecule has 1 nitrogen and oxygen atoms in total. The number of hydrogen-bond acceptors (Lipinski definition) is 1. The highest BCUT2D eigenvalue weighted by Gasteiger charge is 2.53. The van der Waals surface area contributed by atoms with Crippen LogP contribution in [0.25, 0.3) is 44.5 Å². The SMILES string of the molecule is CC1(C)c2ccccc2-c2c(C(c3ccc(-c4ccccc4)cc3)c3ccccc3-c3cccc4c3C3(c5ccccc5-4)c4ccccc4N(c4ccccc4)c4ccccc43)cccc21. The summed E-state index contributed by atoms with van der Waals surface area (Å²) in [5.74, 6) is -0.0713. The van der Waals surface area contributed by atoms with Crippen molar-refractivity contribution in [1.29, 1.82) is 0 Å². The van der Waals surface area contributed by atoms with E-state index in [2.05, 4.69) is 261 Å². The van der Waals surface area contributed by atoms with E-state index in [0.717, 1.165) is 5.69 Å². The third-order valence-electron chi connectivity index (χ3n) is 15.0. The van der Waals surface area contributed by atoms with Crippen LogP contribution in [0, 0.1) is 0 Å². The van der Waals surface area contributed by atoms with Crippen molar-refractivity contribution >= 4 is 17.1 Å². The summed E-state index contributed by atoms with van der Waals surface area (Å²) in [6, 6.07) is 91.0. The first-order valence-corrected chi connectivity index (χ1v) is 23.3. The summed E-state index contributed by atoms with van der Waals surface area (Å²) < 4.78 is 0. The van der Waals surface area contributed by atoms with Crippen LogP contribution in [0.5, 0.6) is 0 Å². The van der Waals surface area contributed by atoms with E-state index in [0.29, 0.717) is 0 Å². The van der Waals surface area contributed by atoms with Crippen molar-refractivity contribution in [2.75, 3.05) is 4.90 Å². The predicted octanol–water partition coefficient (Wildman–Crippen LogP) is 16.7. The number of para-hydroxylation sites is 3. The summed E-state index contributed by atoms with van der Waals surface area (Å²) in [5, 5.41) is 0. The first kappa shape index (κ1) is 38.5. The molecule has 10 aromatic carbocycles. The summed E-state index contributed by atoms with van der Waals surface area (Å²) in [5.41, 5.74) is 25.0. The highest BCUT2D eigenvalue weighted by atomic mass is 15.2. The Hall–Kier alpha value is -8.00. The number of benzene rings is 10. The van der Waals surface area contributed by atoms with Crippen LogP contribution in [-0.2, 0) is 10.8 Å². The second-order valence-corrected chi connectivity index (χ2v) is 18.7. The van der Waals surface area contributed by atoms with Crippen molar-refractivity contribution < 1.29 is 0 Å². The van der Waals surface area contributed by atoms with Crippen LogP contribution in [0.1, 0.15) is 69.8 Å². The number of hydrogen-bond donors (Lipinski definition) is 0. The van der Waals surface area contributed by atoms with Crippen molar-refractivity contribution in [3.05, 3.63) is 293 Å². The Morgan fingerprint density at radius 2 is 0.803 bits per heavy atom. The van der Waals surface area contributed by atoms with Gasteiger partial charge in [0.05, 0.1) is 16.8 Å². The van der Waals surface area contributed by atoms with Crippen LogP contribution in [0.3, 0.4) is 0 Å². The molecule has 10 aromatic rings. The lowest BCUT2D eigenvalue weighted by Crippen LogP contribution is -2.36. The van der Waals surface area contributed by atoms with E-state index < -0.39 is 5.41 Å². The highest BCUT2D eigenvalue weighted by molar-refractivity contribution is 5.99. The molecule has 1 heterocycles. The summed E-state index contributed by atoms with van der Waals surface area (Å²) in [7, 11) is 0. The van der Waals surface area contributed by atoms with Gasteiger partial charge in [-0.1, -0.05) is 232 Å². The minimum atomic E-state index is -0.599.